The highest BCUT2D eigenvalue weighted by Gasteiger charge is 1.84. The monoisotopic (exact) mass is 84.1 g/mol. The molecule has 3 nitrogen and oxygen atoms in total. The number of hydrazine groups is 1. The third-order valence-electron chi connectivity index (χ3n) is 0.540. The van der Waals surface area contributed by atoms with Crippen LogP contribution in [0.15, 0.2) is 4.99 Å². The maximum Gasteiger partial charge on any atom is 0.148 e. The molecule has 1 rings (SSSR count). The fourth-order valence-corrected chi connectivity index (χ4v) is 0.293. The van der Waals surface area contributed by atoms with Crippen molar-refractivity contribution in [1.82, 2.24) is 10.9 Å². The molecule has 0 atom stereocenters. The molecule has 0 spiro atoms. The lowest BCUT2D eigenvalue weighted by Crippen LogP contribution is -2.33. The Morgan fingerprint density at radius 3 is 2.83 bits per heavy atom. The molecule has 2 N–H and O–H groups in total. The lowest BCUT2D eigenvalue weighted by Gasteiger charge is -2.02. The topological polar surface area (TPSA) is 36.4 Å². The highest BCUT2D eigenvalue weighted by Crippen LogP contribution is 1.70. The van der Waals surface area contributed by atoms with Gasteiger partial charge in [0.15, 0.2) is 0 Å². The number of nitrogens with one attached hydrogen (secondary N) is 2. The Kier molecular flexibility index (Phi) is 1.19. The number of nitrogens with zero attached hydrogens (tertiary/aromatic N) is 1. The second-order valence-electron chi connectivity index (χ2n) is 0.986. The van der Waals surface area contributed by atoms with E-state index in [2.05, 4.69) is 15.8 Å². The van der Waals surface area contributed by atoms with Crippen molar-refractivity contribution in [2.24, 2.45) is 4.99 Å². The van der Waals surface area contributed by atoms with Crippen LogP contribution in [0.25, 0.3) is 0 Å². The molecule has 0 bridgehead atoms. The van der Waals surface area contributed by atoms with Crippen LogP contribution >= 0.6 is 0 Å². The molecule has 33 valence electrons. The summed E-state index contributed by atoms with van der Waals surface area (Å²) in [6, 6.07) is 0. The number of aliphatic imine (C=N–C) groups is 1. The van der Waals surface area contributed by atoms with Gasteiger partial charge in [0.1, 0.15) is 6.67 Å². The summed E-state index contributed by atoms with van der Waals surface area (Å²) in [4.78, 5) is 3.75. The molecule has 0 amide bonds. The Balaban J connectivity index is 2.26. The predicted octanol–water partition coefficient (Wildman–Crippen LogP) is -0.716. The van der Waals surface area contributed by atoms with Crippen LogP contribution in [-0.4, -0.2) is 12.8 Å². The average molecular weight is 84.1 g/mol. The van der Waals surface area contributed by atoms with Gasteiger partial charge in [-0.1, -0.05) is 0 Å². The van der Waals surface area contributed by atoms with E-state index < -0.39 is 0 Å². The molecule has 1 radical (unpaired) electrons. The van der Waals surface area contributed by atoms with Crippen LogP contribution in [0.2, 0.25) is 0 Å². The van der Waals surface area contributed by atoms with E-state index >= 15 is 0 Å². The first-order valence-corrected chi connectivity index (χ1v) is 1.82. The Morgan fingerprint density at radius 2 is 2.67 bits per heavy atom. The minimum atomic E-state index is 0.816. The largest absolute Gasteiger partial charge is 0.272 e. The van der Waals surface area contributed by atoms with Crippen LogP contribution in [-0.2, 0) is 0 Å². The third kappa shape index (κ3) is 0.771. The SMILES string of the molecule is [CH]1N=CCNN1. The van der Waals surface area contributed by atoms with Gasteiger partial charge in [0, 0.05) is 12.8 Å². The van der Waals surface area contributed by atoms with Crippen molar-refractivity contribution in [3.8, 4) is 0 Å². The zero-order valence-electron chi connectivity index (χ0n) is 3.31. The van der Waals surface area contributed by atoms with Crippen LogP contribution in [0.5, 0.6) is 0 Å². The molecule has 0 aromatic heterocycles. The summed E-state index contributed by atoms with van der Waals surface area (Å²) in [5.41, 5.74) is 5.54. The van der Waals surface area contributed by atoms with Gasteiger partial charge in [0.25, 0.3) is 0 Å². The summed E-state index contributed by atoms with van der Waals surface area (Å²) in [6.45, 7) is 2.42. The van der Waals surface area contributed by atoms with Crippen LogP contribution in [0.4, 0.5) is 0 Å². The number of rotatable bonds is 0. The Bertz CT molecular complexity index is 51.1. The van der Waals surface area contributed by atoms with Crippen molar-refractivity contribution in [2.45, 2.75) is 0 Å². The van der Waals surface area contributed by atoms with Crippen LogP contribution in [0.1, 0.15) is 0 Å². The highest BCUT2D eigenvalue weighted by atomic mass is 15.4. The molecule has 1 heterocycles. The highest BCUT2D eigenvalue weighted by molar-refractivity contribution is 5.60. The van der Waals surface area contributed by atoms with Gasteiger partial charge in [0.05, 0.1) is 0 Å². The van der Waals surface area contributed by atoms with Gasteiger partial charge in [0.2, 0.25) is 0 Å². The Hall–Kier alpha value is -0.410. The van der Waals surface area contributed by atoms with Crippen molar-refractivity contribution in [3.63, 3.8) is 0 Å². The summed E-state index contributed by atoms with van der Waals surface area (Å²) in [5.74, 6) is 0. The Morgan fingerprint density at radius 1 is 1.67 bits per heavy atom. The lowest BCUT2D eigenvalue weighted by molar-refractivity contribution is 0.633. The van der Waals surface area contributed by atoms with Gasteiger partial charge >= 0.3 is 0 Å². The number of hydrogen-bond acceptors (Lipinski definition) is 3. The summed E-state index contributed by atoms with van der Waals surface area (Å²) in [5, 5.41) is 0. The quantitative estimate of drug-likeness (QED) is 0.406. The van der Waals surface area contributed by atoms with Crippen molar-refractivity contribution in [1.29, 1.82) is 0 Å². The molecule has 1 aliphatic heterocycles. The van der Waals surface area contributed by atoms with Crippen molar-refractivity contribution in [2.75, 3.05) is 6.54 Å². The van der Waals surface area contributed by atoms with Gasteiger partial charge in [-0.3, -0.25) is 10.4 Å². The molecular formula is C3H6N3. The third-order valence-corrected chi connectivity index (χ3v) is 0.540. The summed E-state index contributed by atoms with van der Waals surface area (Å²) in [7, 11) is 0. The molecule has 0 saturated heterocycles. The van der Waals surface area contributed by atoms with Crippen molar-refractivity contribution < 1.29 is 0 Å². The average Bonchev–Trinajstić information content (AvgIpc) is 1.72. The van der Waals surface area contributed by atoms with E-state index in [1.54, 1.807) is 12.9 Å². The summed E-state index contributed by atoms with van der Waals surface area (Å²) < 4.78 is 0. The molecule has 0 aromatic carbocycles. The van der Waals surface area contributed by atoms with E-state index in [0.29, 0.717) is 0 Å². The molecule has 0 saturated carbocycles. The maximum atomic E-state index is 3.75. The van der Waals surface area contributed by atoms with Gasteiger partial charge in [-0.05, 0) is 0 Å². The summed E-state index contributed by atoms with van der Waals surface area (Å²) >= 11 is 0. The summed E-state index contributed by atoms with van der Waals surface area (Å²) in [6.07, 6.45) is 1.79. The lowest BCUT2D eigenvalue weighted by atomic mass is 10.7. The van der Waals surface area contributed by atoms with Crippen molar-refractivity contribution in [3.05, 3.63) is 6.67 Å². The zero-order valence-corrected chi connectivity index (χ0v) is 3.31. The second kappa shape index (κ2) is 1.89. The molecule has 3 heteroatoms. The molecular weight excluding hydrogens is 78.1 g/mol. The molecule has 0 fully saturated rings. The predicted molar refractivity (Wildman–Crippen MR) is 23.9 cm³/mol. The van der Waals surface area contributed by atoms with Crippen LogP contribution < -0.4 is 10.9 Å². The van der Waals surface area contributed by atoms with E-state index in [-0.39, 0.29) is 0 Å². The normalized spacial score (nSPS) is 21.3. The zero-order chi connectivity index (χ0) is 4.24. The first-order valence-electron chi connectivity index (χ1n) is 1.82. The van der Waals surface area contributed by atoms with E-state index in [0.717, 1.165) is 6.54 Å². The molecule has 1 aliphatic rings. The van der Waals surface area contributed by atoms with Gasteiger partial charge in [-0.25, -0.2) is 5.43 Å². The van der Waals surface area contributed by atoms with E-state index in [1.165, 1.54) is 0 Å². The second-order valence-corrected chi connectivity index (χ2v) is 0.986. The van der Waals surface area contributed by atoms with Gasteiger partial charge in [-0.2, -0.15) is 0 Å². The minimum Gasteiger partial charge on any atom is -0.272 e. The van der Waals surface area contributed by atoms with E-state index in [1.807, 2.05) is 0 Å². The molecule has 0 aromatic rings. The fourth-order valence-electron chi connectivity index (χ4n) is 0.293. The van der Waals surface area contributed by atoms with E-state index in [4.69, 9.17) is 0 Å². The minimum absolute atomic E-state index is 0.816. The van der Waals surface area contributed by atoms with E-state index in [9.17, 15) is 0 Å². The van der Waals surface area contributed by atoms with Crippen LogP contribution in [0, 0.1) is 6.67 Å². The first-order chi connectivity index (χ1) is 3.00. The Labute approximate surface area is 36.4 Å². The standard InChI is InChI=1S/C3H6N3/c1-2-5-6-3-4-1/h1,3,5-6H,2H2. The van der Waals surface area contributed by atoms with Crippen molar-refractivity contribution >= 4 is 6.21 Å². The van der Waals surface area contributed by atoms with Gasteiger partial charge < -0.3 is 0 Å². The first kappa shape index (κ1) is 3.77. The fraction of sp³-hybridized carbons (Fsp3) is 0.333. The molecule has 0 unspecified atom stereocenters. The number of hydrogen-bond donors (Lipinski definition) is 2. The maximum absolute atomic E-state index is 3.75. The molecule has 6 heavy (non-hydrogen) atoms. The smallest absolute Gasteiger partial charge is 0.148 e. The van der Waals surface area contributed by atoms with Gasteiger partial charge in [-0.15, -0.1) is 0 Å². The molecule has 0 aliphatic carbocycles. The van der Waals surface area contributed by atoms with Crippen LogP contribution in [0.3, 0.4) is 0 Å².